The molecular weight excluding hydrogens is 398 g/mol. The summed E-state index contributed by atoms with van der Waals surface area (Å²) in [5.74, 6) is 0.244. The highest BCUT2D eigenvalue weighted by atomic mass is 35.5. The van der Waals surface area contributed by atoms with Crippen LogP contribution in [0.15, 0.2) is 41.3 Å². The van der Waals surface area contributed by atoms with Crippen LogP contribution in [0.1, 0.15) is 13.3 Å². The van der Waals surface area contributed by atoms with Gasteiger partial charge in [0.05, 0.1) is 4.90 Å². The molecule has 1 unspecified atom stereocenters. The number of fused-ring (bicyclic) bond motifs is 1. The molecule has 0 spiro atoms. The number of nitrogens with zero attached hydrogens (tertiary/aromatic N) is 1. The molecule has 2 aromatic carbocycles. The summed E-state index contributed by atoms with van der Waals surface area (Å²) in [5, 5.41) is 0.954. The van der Waals surface area contributed by atoms with Crippen molar-refractivity contribution in [1.82, 2.24) is 4.31 Å². The molecule has 1 fully saturated rings. The van der Waals surface area contributed by atoms with Crippen LogP contribution < -0.4 is 10.5 Å². The van der Waals surface area contributed by atoms with Crippen LogP contribution in [-0.4, -0.2) is 45.4 Å². The Morgan fingerprint density at radius 3 is 2.48 bits per heavy atom. The van der Waals surface area contributed by atoms with Crippen LogP contribution in [0.5, 0.6) is 5.75 Å². The van der Waals surface area contributed by atoms with E-state index in [1.54, 1.807) is 24.3 Å². The van der Waals surface area contributed by atoms with Crippen LogP contribution in [0.25, 0.3) is 10.8 Å². The number of ether oxygens (including phenoxy) is 1. The van der Waals surface area contributed by atoms with Crippen molar-refractivity contribution < 1.29 is 21.9 Å². The molecule has 1 atom stereocenters. The molecule has 1 aliphatic heterocycles. The second-order valence-corrected chi connectivity index (χ2v) is 8.82. The molecule has 27 heavy (non-hydrogen) atoms. The minimum Gasteiger partial charge on any atom is -0.487 e. The molecule has 1 saturated heterocycles. The lowest BCUT2D eigenvalue weighted by atomic mass is 9.90. The highest BCUT2D eigenvalue weighted by Crippen LogP contribution is 2.36. The third kappa shape index (κ3) is 4.34. The Bertz CT molecular complexity index is 911. The van der Waals surface area contributed by atoms with Crippen LogP contribution in [-0.2, 0) is 10.0 Å². The fraction of sp³-hybridized carbons (Fsp3) is 0.444. The van der Waals surface area contributed by atoms with Gasteiger partial charge in [0.1, 0.15) is 12.4 Å². The fourth-order valence-electron chi connectivity index (χ4n) is 3.24. The maximum atomic E-state index is 13.2. The first kappa shape index (κ1) is 21.8. The number of alkyl halides is 2. The average molecular weight is 421 g/mol. The first-order chi connectivity index (χ1) is 12.3. The number of benzene rings is 2. The summed E-state index contributed by atoms with van der Waals surface area (Å²) < 4.78 is 57.8. The van der Waals surface area contributed by atoms with Gasteiger partial charge in [0.15, 0.2) is 0 Å². The van der Waals surface area contributed by atoms with Gasteiger partial charge in [0.25, 0.3) is 6.43 Å². The highest BCUT2D eigenvalue weighted by molar-refractivity contribution is 7.89. The van der Waals surface area contributed by atoms with Gasteiger partial charge in [-0.1, -0.05) is 31.2 Å². The average Bonchev–Trinajstić information content (AvgIpc) is 3.03. The summed E-state index contributed by atoms with van der Waals surface area (Å²) in [4.78, 5) is 0.152. The largest absolute Gasteiger partial charge is 0.487 e. The Kier molecular flexibility index (Phi) is 6.68. The lowest BCUT2D eigenvalue weighted by Gasteiger charge is -2.23. The molecule has 2 aromatic rings. The molecule has 0 saturated carbocycles. The minimum atomic E-state index is -3.72. The first-order valence-corrected chi connectivity index (χ1v) is 9.84. The molecule has 3 rings (SSSR count). The first-order valence-electron chi connectivity index (χ1n) is 8.40. The number of nitrogens with two attached hydrogens (primary N) is 1. The Labute approximate surface area is 163 Å². The summed E-state index contributed by atoms with van der Waals surface area (Å²) >= 11 is 0. The maximum absolute atomic E-state index is 13.2. The Balaban J connectivity index is 0.00000261. The molecule has 0 aromatic heterocycles. The van der Waals surface area contributed by atoms with Gasteiger partial charge in [-0.2, -0.15) is 4.31 Å². The molecule has 150 valence electrons. The van der Waals surface area contributed by atoms with Crippen LogP contribution >= 0.6 is 12.4 Å². The van der Waals surface area contributed by atoms with E-state index in [9.17, 15) is 17.2 Å². The molecule has 0 aliphatic carbocycles. The summed E-state index contributed by atoms with van der Waals surface area (Å²) in [5.41, 5.74) is 5.55. The monoisotopic (exact) mass is 420 g/mol. The van der Waals surface area contributed by atoms with E-state index < -0.39 is 23.1 Å². The zero-order valence-corrected chi connectivity index (χ0v) is 16.5. The molecule has 1 aliphatic rings. The normalized spacial score (nSPS) is 20.8. The van der Waals surface area contributed by atoms with Gasteiger partial charge in [0.2, 0.25) is 10.0 Å². The molecule has 9 heteroatoms. The third-order valence-electron chi connectivity index (χ3n) is 4.84. The zero-order valence-electron chi connectivity index (χ0n) is 14.9. The lowest BCUT2D eigenvalue weighted by molar-refractivity contribution is 0.0826. The predicted octanol–water partition coefficient (Wildman–Crippen LogP) is 3.26. The molecular formula is C18H23ClF2N2O3S. The van der Waals surface area contributed by atoms with Gasteiger partial charge in [-0.25, -0.2) is 17.2 Å². The van der Waals surface area contributed by atoms with E-state index in [1.807, 2.05) is 6.92 Å². The zero-order chi connectivity index (χ0) is 18.9. The van der Waals surface area contributed by atoms with E-state index in [4.69, 9.17) is 10.5 Å². The van der Waals surface area contributed by atoms with E-state index in [0.29, 0.717) is 36.8 Å². The van der Waals surface area contributed by atoms with Gasteiger partial charge in [-0.3, -0.25) is 0 Å². The second-order valence-electron chi connectivity index (χ2n) is 6.91. The summed E-state index contributed by atoms with van der Waals surface area (Å²) in [7, 11) is -3.72. The standard InChI is InChI=1S/C18H22F2N2O3S.ClH/c1-18(11-21)8-9-22(12-18)26(23,24)16-7-6-15(25-10-17(19)20)13-4-2-3-5-14(13)16;/h2-7,17H,8-12,21H2,1H3;1H. The smallest absolute Gasteiger partial charge is 0.272 e. The predicted molar refractivity (Wildman–Crippen MR) is 103 cm³/mol. The molecule has 0 amide bonds. The Morgan fingerprint density at radius 2 is 1.89 bits per heavy atom. The van der Waals surface area contributed by atoms with Gasteiger partial charge >= 0.3 is 0 Å². The molecule has 2 N–H and O–H groups in total. The third-order valence-corrected chi connectivity index (χ3v) is 6.75. The van der Waals surface area contributed by atoms with Crippen LogP contribution in [0.3, 0.4) is 0 Å². The van der Waals surface area contributed by atoms with Crippen LogP contribution in [0, 0.1) is 5.41 Å². The van der Waals surface area contributed by atoms with Crippen molar-refractivity contribution in [3.63, 3.8) is 0 Å². The van der Waals surface area contributed by atoms with Crippen LogP contribution in [0.4, 0.5) is 8.78 Å². The summed E-state index contributed by atoms with van der Waals surface area (Å²) in [6.07, 6.45) is -1.90. The highest BCUT2D eigenvalue weighted by Gasteiger charge is 2.39. The van der Waals surface area contributed by atoms with E-state index in [0.717, 1.165) is 0 Å². The molecule has 0 radical (unpaired) electrons. The summed E-state index contributed by atoms with van der Waals surface area (Å²) in [6, 6.07) is 9.63. The molecule has 0 bridgehead atoms. The van der Waals surface area contributed by atoms with Crippen molar-refractivity contribution in [1.29, 1.82) is 0 Å². The Morgan fingerprint density at radius 1 is 1.22 bits per heavy atom. The number of rotatable bonds is 6. The molecule has 5 nitrogen and oxygen atoms in total. The van der Waals surface area contributed by atoms with Crippen molar-refractivity contribution in [3.8, 4) is 5.75 Å². The number of sulfonamides is 1. The van der Waals surface area contributed by atoms with E-state index >= 15 is 0 Å². The number of hydrogen-bond donors (Lipinski definition) is 1. The lowest BCUT2D eigenvalue weighted by Crippen LogP contribution is -2.34. The summed E-state index contributed by atoms with van der Waals surface area (Å²) in [6.45, 7) is 2.43. The SMILES string of the molecule is CC1(CN)CCN(S(=O)(=O)c2ccc(OCC(F)F)c3ccccc23)C1.Cl. The van der Waals surface area contributed by atoms with E-state index in [-0.39, 0.29) is 28.5 Å². The Hall–Kier alpha value is -1.48. The van der Waals surface area contributed by atoms with Crippen molar-refractivity contribution in [2.24, 2.45) is 11.1 Å². The fourth-order valence-corrected chi connectivity index (χ4v) is 5.02. The molecule has 1 heterocycles. The van der Waals surface area contributed by atoms with Crippen molar-refractivity contribution >= 4 is 33.2 Å². The minimum absolute atomic E-state index is 0. The van der Waals surface area contributed by atoms with Crippen molar-refractivity contribution in [3.05, 3.63) is 36.4 Å². The number of halogens is 3. The maximum Gasteiger partial charge on any atom is 0.272 e. The van der Waals surface area contributed by atoms with Gasteiger partial charge in [-0.05, 0) is 30.5 Å². The van der Waals surface area contributed by atoms with Crippen molar-refractivity contribution in [2.45, 2.75) is 24.7 Å². The number of hydrogen-bond acceptors (Lipinski definition) is 4. The van der Waals surface area contributed by atoms with E-state index in [1.165, 1.54) is 16.4 Å². The van der Waals surface area contributed by atoms with Crippen LogP contribution in [0.2, 0.25) is 0 Å². The van der Waals surface area contributed by atoms with E-state index in [2.05, 4.69) is 0 Å². The van der Waals surface area contributed by atoms with Gasteiger partial charge in [0, 0.05) is 23.9 Å². The topological polar surface area (TPSA) is 72.6 Å². The van der Waals surface area contributed by atoms with Crippen molar-refractivity contribution in [2.75, 3.05) is 26.2 Å². The van der Waals surface area contributed by atoms with Gasteiger partial charge < -0.3 is 10.5 Å². The van der Waals surface area contributed by atoms with Gasteiger partial charge in [-0.15, -0.1) is 12.4 Å². The quantitative estimate of drug-likeness (QED) is 0.778. The second kappa shape index (κ2) is 8.26.